The lowest BCUT2D eigenvalue weighted by molar-refractivity contribution is 0.0940. The minimum absolute atomic E-state index is 0.0245. The highest BCUT2D eigenvalue weighted by molar-refractivity contribution is 9.10. The van der Waals surface area contributed by atoms with Crippen molar-refractivity contribution in [1.82, 2.24) is 5.32 Å². The van der Waals surface area contributed by atoms with Crippen LogP contribution in [0.4, 0.5) is 0 Å². The van der Waals surface area contributed by atoms with Crippen LogP contribution in [0.5, 0.6) is 0 Å². The van der Waals surface area contributed by atoms with Gasteiger partial charge in [-0.25, -0.2) is 0 Å². The number of rotatable bonds is 4. The molecule has 0 bridgehead atoms. The fourth-order valence-corrected chi connectivity index (χ4v) is 3.37. The largest absolute Gasteiger partial charge is 0.349 e. The molecule has 0 fully saturated rings. The summed E-state index contributed by atoms with van der Waals surface area (Å²) in [4.78, 5) is 14.5. The summed E-state index contributed by atoms with van der Waals surface area (Å²) < 4.78 is 1.07. The monoisotopic (exact) mass is 351 g/mol. The van der Waals surface area contributed by atoms with Crippen LogP contribution in [0.2, 0.25) is 0 Å². The highest BCUT2D eigenvalue weighted by atomic mass is 79.9. The molecular weight excluding hydrogens is 334 g/mol. The number of aryl methyl sites for hydroxylation is 2. The Kier molecular flexibility index (Phi) is 5.00. The zero-order valence-corrected chi connectivity index (χ0v) is 14.3. The first-order valence-corrected chi connectivity index (χ1v) is 8.19. The molecule has 1 heterocycles. The maximum atomic E-state index is 12.2. The fraction of sp³-hybridized carbons (Fsp3) is 0.312. The minimum atomic E-state index is 0.0245. The van der Waals surface area contributed by atoms with Gasteiger partial charge in [-0.2, -0.15) is 0 Å². The second-order valence-electron chi connectivity index (χ2n) is 5.03. The van der Waals surface area contributed by atoms with Crippen molar-refractivity contribution in [3.8, 4) is 0 Å². The number of amides is 1. The molecule has 20 heavy (non-hydrogen) atoms. The number of hydrogen-bond acceptors (Lipinski definition) is 2. The van der Waals surface area contributed by atoms with Crippen molar-refractivity contribution >= 4 is 33.2 Å². The Morgan fingerprint density at radius 2 is 1.95 bits per heavy atom. The topological polar surface area (TPSA) is 29.1 Å². The maximum Gasteiger partial charge on any atom is 0.252 e. The number of hydrogen-bond donors (Lipinski definition) is 1. The average Bonchev–Trinajstić information content (AvgIpc) is 2.71. The molecule has 1 N–H and O–H groups in total. The Morgan fingerprint density at radius 3 is 2.50 bits per heavy atom. The zero-order chi connectivity index (χ0) is 14.7. The molecule has 1 unspecified atom stereocenters. The van der Waals surface area contributed by atoms with Gasteiger partial charge in [-0.1, -0.05) is 28.1 Å². The average molecular weight is 352 g/mol. The predicted octanol–water partition coefficient (Wildman–Crippen LogP) is 4.49. The molecule has 0 aliphatic carbocycles. The maximum absolute atomic E-state index is 12.2. The fourth-order valence-electron chi connectivity index (χ4n) is 2.18. The van der Waals surface area contributed by atoms with E-state index in [1.54, 1.807) is 11.3 Å². The molecule has 0 aliphatic rings. The smallest absolute Gasteiger partial charge is 0.252 e. The van der Waals surface area contributed by atoms with E-state index in [4.69, 9.17) is 0 Å². The molecule has 1 amide bonds. The molecule has 1 aromatic heterocycles. The van der Waals surface area contributed by atoms with Crippen LogP contribution < -0.4 is 5.32 Å². The van der Waals surface area contributed by atoms with Gasteiger partial charge in [0.2, 0.25) is 0 Å². The van der Waals surface area contributed by atoms with Gasteiger partial charge < -0.3 is 5.32 Å². The lowest BCUT2D eigenvalue weighted by Crippen LogP contribution is -2.34. The third-order valence-electron chi connectivity index (χ3n) is 3.12. The number of benzene rings is 1. The lowest BCUT2D eigenvalue weighted by atomic mass is 10.1. The van der Waals surface area contributed by atoms with Crippen LogP contribution >= 0.6 is 27.3 Å². The van der Waals surface area contributed by atoms with Crippen molar-refractivity contribution < 1.29 is 4.79 Å². The van der Waals surface area contributed by atoms with Crippen molar-refractivity contribution in [2.24, 2.45) is 0 Å². The van der Waals surface area contributed by atoms with Crippen molar-refractivity contribution in [1.29, 1.82) is 0 Å². The van der Waals surface area contributed by atoms with Crippen LogP contribution in [-0.2, 0) is 6.42 Å². The van der Waals surface area contributed by atoms with Crippen LogP contribution in [0, 0.1) is 13.8 Å². The van der Waals surface area contributed by atoms with Gasteiger partial charge >= 0.3 is 0 Å². The van der Waals surface area contributed by atoms with Gasteiger partial charge in [0.15, 0.2) is 0 Å². The molecule has 0 spiro atoms. The summed E-state index contributed by atoms with van der Waals surface area (Å²) in [6, 6.07) is 10.3. The standard InChI is InChI=1S/C16H18BrNOS/c1-10(8-13-4-6-14(17)7-5-13)18-16(19)15-9-11(2)20-12(15)3/h4-7,9-10H,8H2,1-3H3,(H,18,19). The van der Waals surface area contributed by atoms with Gasteiger partial charge in [-0.3, -0.25) is 4.79 Å². The summed E-state index contributed by atoms with van der Waals surface area (Å²) >= 11 is 5.09. The van der Waals surface area contributed by atoms with Gasteiger partial charge in [0.25, 0.3) is 5.91 Å². The molecule has 2 aromatic rings. The Morgan fingerprint density at radius 1 is 1.30 bits per heavy atom. The molecule has 0 saturated heterocycles. The molecule has 106 valence electrons. The van der Waals surface area contributed by atoms with E-state index in [2.05, 4.69) is 33.4 Å². The van der Waals surface area contributed by atoms with Crippen LogP contribution in [0.1, 0.15) is 32.6 Å². The summed E-state index contributed by atoms with van der Waals surface area (Å²) in [7, 11) is 0. The van der Waals surface area contributed by atoms with Gasteiger partial charge in [-0.15, -0.1) is 11.3 Å². The number of thiophene rings is 1. The van der Waals surface area contributed by atoms with Crippen LogP contribution in [0.25, 0.3) is 0 Å². The van der Waals surface area contributed by atoms with Crippen molar-refractivity contribution in [2.45, 2.75) is 33.2 Å². The second-order valence-corrected chi connectivity index (χ2v) is 7.41. The van der Waals surface area contributed by atoms with E-state index in [9.17, 15) is 4.79 Å². The highest BCUT2D eigenvalue weighted by Gasteiger charge is 2.14. The molecule has 2 rings (SSSR count). The first-order chi connectivity index (χ1) is 9.45. The van der Waals surface area contributed by atoms with E-state index in [0.717, 1.165) is 21.3 Å². The predicted molar refractivity (Wildman–Crippen MR) is 88.6 cm³/mol. The normalized spacial score (nSPS) is 12.2. The zero-order valence-electron chi connectivity index (χ0n) is 11.9. The Bertz CT molecular complexity index is 603. The molecule has 1 aromatic carbocycles. The summed E-state index contributed by atoms with van der Waals surface area (Å²) in [5.41, 5.74) is 2.02. The summed E-state index contributed by atoms with van der Waals surface area (Å²) in [5, 5.41) is 3.07. The highest BCUT2D eigenvalue weighted by Crippen LogP contribution is 2.20. The Balaban J connectivity index is 1.97. The molecule has 2 nitrogen and oxygen atoms in total. The molecular formula is C16H18BrNOS. The van der Waals surface area contributed by atoms with E-state index >= 15 is 0 Å². The summed E-state index contributed by atoms with van der Waals surface area (Å²) in [6.45, 7) is 6.06. The van der Waals surface area contributed by atoms with Crippen molar-refractivity contribution in [3.05, 3.63) is 55.7 Å². The molecule has 0 aliphatic heterocycles. The Labute approximate surface area is 132 Å². The number of carbonyl (C=O) groups excluding carboxylic acids is 1. The van der Waals surface area contributed by atoms with E-state index in [1.807, 2.05) is 39.0 Å². The SMILES string of the molecule is Cc1cc(C(=O)NC(C)Cc2ccc(Br)cc2)c(C)s1. The molecule has 4 heteroatoms. The van der Waals surface area contributed by atoms with Crippen LogP contribution in [-0.4, -0.2) is 11.9 Å². The first kappa shape index (κ1) is 15.3. The molecule has 1 atom stereocenters. The molecule has 0 saturated carbocycles. The van der Waals surface area contributed by atoms with Crippen molar-refractivity contribution in [2.75, 3.05) is 0 Å². The van der Waals surface area contributed by atoms with Gasteiger partial charge in [0.05, 0.1) is 5.56 Å². The number of nitrogens with one attached hydrogen (secondary N) is 1. The number of halogens is 1. The van der Waals surface area contributed by atoms with E-state index in [-0.39, 0.29) is 11.9 Å². The lowest BCUT2D eigenvalue weighted by Gasteiger charge is -2.14. The van der Waals surface area contributed by atoms with E-state index in [1.165, 1.54) is 10.4 Å². The third-order valence-corrected chi connectivity index (χ3v) is 4.61. The Hall–Kier alpha value is -1.13. The van der Waals surface area contributed by atoms with Gasteiger partial charge in [0.1, 0.15) is 0 Å². The van der Waals surface area contributed by atoms with E-state index < -0.39 is 0 Å². The third kappa shape index (κ3) is 3.93. The van der Waals surface area contributed by atoms with Crippen molar-refractivity contribution in [3.63, 3.8) is 0 Å². The quantitative estimate of drug-likeness (QED) is 0.863. The van der Waals surface area contributed by atoms with Gasteiger partial charge in [0, 0.05) is 20.3 Å². The summed E-state index contributed by atoms with van der Waals surface area (Å²) in [6.07, 6.45) is 0.835. The second kappa shape index (κ2) is 6.55. The van der Waals surface area contributed by atoms with Crippen LogP contribution in [0.3, 0.4) is 0 Å². The van der Waals surface area contributed by atoms with Crippen LogP contribution in [0.15, 0.2) is 34.8 Å². The minimum Gasteiger partial charge on any atom is -0.349 e. The van der Waals surface area contributed by atoms with E-state index in [0.29, 0.717) is 0 Å². The first-order valence-electron chi connectivity index (χ1n) is 6.58. The van der Waals surface area contributed by atoms with Gasteiger partial charge in [-0.05, 0) is 51.0 Å². The summed E-state index contributed by atoms with van der Waals surface area (Å²) in [5.74, 6) is 0.0245. The molecule has 0 radical (unpaired) electrons. The number of carbonyl (C=O) groups is 1.